The monoisotopic (exact) mass is 152 g/mol. The standard InChI is InChI=1S/C7H5ClN2/c8-4-6-2-1-3-7(5-9)10-6/h1-3H,4H2. The molecular weight excluding hydrogens is 148 g/mol. The van der Waals surface area contributed by atoms with Crippen LogP contribution in [0.25, 0.3) is 0 Å². The number of hydrogen-bond acceptors (Lipinski definition) is 2. The Bertz CT molecular complexity index is 265. The summed E-state index contributed by atoms with van der Waals surface area (Å²) in [6.45, 7) is 0. The number of nitriles is 1. The van der Waals surface area contributed by atoms with Crippen LogP contribution in [0.15, 0.2) is 18.2 Å². The molecule has 10 heavy (non-hydrogen) atoms. The molecule has 0 fully saturated rings. The van der Waals surface area contributed by atoms with E-state index in [1.807, 2.05) is 6.07 Å². The van der Waals surface area contributed by atoms with Crippen LogP contribution in [-0.4, -0.2) is 4.98 Å². The summed E-state index contributed by atoms with van der Waals surface area (Å²) >= 11 is 5.48. The van der Waals surface area contributed by atoms with Crippen LogP contribution >= 0.6 is 11.6 Å². The van der Waals surface area contributed by atoms with Gasteiger partial charge >= 0.3 is 0 Å². The average molecular weight is 153 g/mol. The summed E-state index contributed by atoms with van der Waals surface area (Å²) in [5, 5.41) is 8.40. The van der Waals surface area contributed by atoms with Crippen LogP contribution in [0.4, 0.5) is 0 Å². The first-order valence-corrected chi connectivity index (χ1v) is 3.32. The zero-order valence-electron chi connectivity index (χ0n) is 5.21. The van der Waals surface area contributed by atoms with Crippen molar-refractivity contribution in [1.29, 1.82) is 5.26 Å². The second kappa shape index (κ2) is 3.19. The van der Waals surface area contributed by atoms with Gasteiger partial charge in [0.15, 0.2) is 0 Å². The van der Waals surface area contributed by atoms with Crippen molar-refractivity contribution in [1.82, 2.24) is 4.98 Å². The normalized spacial score (nSPS) is 8.80. The smallest absolute Gasteiger partial charge is 0.140 e. The van der Waals surface area contributed by atoms with E-state index in [9.17, 15) is 0 Å². The van der Waals surface area contributed by atoms with Crippen LogP contribution < -0.4 is 0 Å². The fourth-order valence-corrected chi connectivity index (χ4v) is 0.765. The third-order valence-electron chi connectivity index (χ3n) is 1.06. The number of pyridine rings is 1. The van der Waals surface area contributed by atoms with Gasteiger partial charge in [0.05, 0.1) is 11.6 Å². The lowest BCUT2D eigenvalue weighted by molar-refractivity contribution is 1.14. The van der Waals surface area contributed by atoms with E-state index in [1.165, 1.54) is 0 Å². The van der Waals surface area contributed by atoms with Crippen molar-refractivity contribution in [3.8, 4) is 6.07 Å². The Labute approximate surface area is 64.1 Å². The quantitative estimate of drug-likeness (QED) is 0.575. The second-order valence-corrected chi connectivity index (χ2v) is 2.03. The molecule has 0 saturated heterocycles. The van der Waals surface area contributed by atoms with Crippen LogP contribution in [0.2, 0.25) is 0 Å². The average Bonchev–Trinajstić information content (AvgIpc) is 2.05. The fraction of sp³-hybridized carbons (Fsp3) is 0.143. The van der Waals surface area contributed by atoms with E-state index in [0.29, 0.717) is 11.6 Å². The summed E-state index contributed by atoms with van der Waals surface area (Å²) in [6.07, 6.45) is 0. The van der Waals surface area contributed by atoms with Gasteiger partial charge < -0.3 is 0 Å². The molecule has 0 aliphatic rings. The molecule has 50 valence electrons. The highest BCUT2D eigenvalue weighted by Gasteiger charge is 1.92. The van der Waals surface area contributed by atoms with Crippen molar-refractivity contribution >= 4 is 11.6 Å². The van der Waals surface area contributed by atoms with E-state index in [1.54, 1.807) is 18.2 Å². The second-order valence-electron chi connectivity index (χ2n) is 1.76. The minimum Gasteiger partial charge on any atom is -0.241 e. The van der Waals surface area contributed by atoms with Gasteiger partial charge in [0, 0.05) is 0 Å². The Morgan fingerprint density at radius 3 is 3.00 bits per heavy atom. The molecule has 0 radical (unpaired) electrons. The van der Waals surface area contributed by atoms with Crippen LogP contribution in [0, 0.1) is 11.3 Å². The molecule has 3 heteroatoms. The minimum atomic E-state index is 0.357. The summed E-state index contributed by atoms with van der Waals surface area (Å²) in [5.41, 5.74) is 1.15. The van der Waals surface area contributed by atoms with Gasteiger partial charge in [-0.2, -0.15) is 5.26 Å². The van der Waals surface area contributed by atoms with Gasteiger partial charge in [0.2, 0.25) is 0 Å². The number of aromatic nitrogens is 1. The van der Waals surface area contributed by atoms with Crippen LogP contribution in [-0.2, 0) is 5.88 Å². The van der Waals surface area contributed by atoms with E-state index in [-0.39, 0.29) is 0 Å². The third-order valence-corrected chi connectivity index (χ3v) is 1.33. The molecule has 1 aromatic heterocycles. The zero-order chi connectivity index (χ0) is 7.40. The Balaban J connectivity index is 3.01. The lowest BCUT2D eigenvalue weighted by atomic mass is 10.3. The van der Waals surface area contributed by atoms with E-state index >= 15 is 0 Å². The number of rotatable bonds is 1. The first kappa shape index (κ1) is 7.04. The lowest BCUT2D eigenvalue weighted by Crippen LogP contribution is -1.87. The molecule has 0 saturated carbocycles. The number of nitrogens with zero attached hydrogens (tertiary/aromatic N) is 2. The Morgan fingerprint density at radius 2 is 2.40 bits per heavy atom. The molecular formula is C7H5ClN2. The summed E-state index contributed by atoms with van der Waals surface area (Å²) < 4.78 is 0. The Kier molecular flexibility index (Phi) is 2.24. The van der Waals surface area contributed by atoms with E-state index in [0.717, 1.165) is 5.69 Å². The van der Waals surface area contributed by atoms with Gasteiger partial charge in [-0.3, -0.25) is 0 Å². The van der Waals surface area contributed by atoms with Crippen LogP contribution in [0.1, 0.15) is 11.4 Å². The highest BCUT2D eigenvalue weighted by Crippen LogP contribution is 2.00. The Hall–Kier alpha value is -1.07. The van der Waals surface area contributed by atoms with Gasteiger partial charge in [0.25, 0.3) is 0 Å². The van der Waals surface area contributed by atoms with Crippen LogP contribution in [0.5, 0.6) is 0 Å². The number of halogens is 1. The molecule has 1 rings (SSSR count). The van der Waals surface area contributed by atoms with Crippen molar-refractivity contribution < 1.29 is 0 Å². The number of hydrogen-bond donors (Lipinski definition) is 0. The molecule has 1 heterocycles. The maximum Gasteiger partial charge on any atom is 0.140 e. The predicted octanol–water partition coefficient (Wildman–Crippen LogP) is 1.69. The van der Waals surface area contributed by atoms with E-state index in [4.69, 9.17) is 16.9 Å². The molecule has 0 bridgehead atoms. The summed E-state index contributed by atoms with van der Waals surface area (Å²) in [7, 11) is 0. The molecule has 0 N–H and O–H groups in total. The van der Waals surface area contributed by atoms with Gasteiger partial charge in [0.1, 0.15) is 11.8 Å². The molecule has 1 aromatic rings. The predicted molar refractivity (Wildman–Crippen MR) is 38.5 cm³/mol. The Morgan fingerprint density at radius 1 is 1.60 bits per heavy atom. The molecule has 0 unspecified atom stereocenters. The van der Waals surface area contributed by atoms with E-state index < -0.39 is 0 Å². The molecule has 0 atom stereocenters. The fourth-order valence-electron chi connectivity index (χ4n) is 0.616. The minimum absolute atomic E-state index is 0.357. The SMILES string of the molecule is N#Cc1cccc(CCl)n1. The van der Waals surface area contributed by atoms with Gasteiger partial charge in [-0.1, -0.05) is 6.07 Å². The molecule has 0 spiro atoms. The molecule has 2 nitrogen and oxygen atoms in total. The van der Waals surface area contributed by atoms with E-state index in [2.05, 4.69) is 4.98 Å². The van der Waals surface area contributed by atoms with Gasteiger partial charge in [-0.25, -0.2) is 4.98 Å². The molecule has 0 aromatic carbocycles. The van der Waals surface area contributed by atoms with Crippen molar-refractivity contribution in [2.75, 3.05) is 0 Å². The van der Waals surface area contributed by atoms with Crippen molar-refractivity contribution in [2.45, 2.75) is 5.88 Å². The number of alkyl halides is 1. The third kappa shape index (κ3) is 1.46. The maximum absolute atomic E-state index is 8.40. The molecule has 0 amide bonds. The topological polar surface area (TPSA) is 36.7 Å². The van der Waals surface area contributed by atoms with Crippen molar-refractivity contribution in [2.24, 2.45) is 0 Å². The van der Waals surface area contributed by atoms with Crippen LogP contribution in [0.3, 0.4) is 0 Å². The first-order chi connectivity index (χ1) is 4.86. The molecule has 0 aliphatic heterocycles. The largest absolute Gasteiger partial charge is 0.241 e. The van der Waals surface area contributed by atoms with Crippen molar-refractivity contribution in [3.05, 3.63) is 29.6 Å². The van der Waals surface area contributed by atoms with Gasteiger partial charge in [-0.05, 0) is 12.1 Å². The molecule has 0 aliphatic carbocycles. The summed E-state index contributed by atoms with van der Waals surface area (Å²) in [5.74, 6) is 0.357. The summed E-state index contributed by atoms with van der Waals surface area (Å²) in [4.78, 5) is 3.92. The lowest BCUT2D eigenvalue weighted by Gasteiger charge is -1.91. The summed E-state index contributed by atoms with van der Waals surface area (Å²) in [6, 6.07) is 7.13. The highest BCUT2D eigenvalue weighted by molar-refractivity contribution is 6.16. The van der Waals surface area contributed by atoms with Gasteiger partial charge in [-0.15, -0.1) is 11.6 Å². The highest BCUT2D eigenvalue weighted by atomic mass is 35.5. The maximum atomic E-state index is 8.40. The van der Waals surface area contributed by atoms with Crippen molar-refractivity contribution in [3.63, 3.8) is 0 Å². The first-order valence-electron chi connectivity index (χ1n) is 2.79. The zero-order valence-corrected chi connectivity index (χ0v) is 5.97.